The Labute approximate surface area is 287 Å². The lowest BCUT2D eigenvalue weighted by atomic mass is 9.77. The molecule has 3 amide bonds. The number of carbonyl (C=O) groups excluding carboxylic acids is 3. The molecule has 11 nitrogen and oxygen atoms in total. The lowest BCUT2D eigenvalue weighted by molar-refractivity contribution is -0.183. The molecule has 3 aromatic rings. The molecule has 2 aliphatic heterocycles. The molecule has 1 aromatic heterocycles. The van der Waals surface area contributed by atoms with Crippen molar-refractivity contribution in [3.8, 4) is 11.5 Å². The summed E-state index contributed by atoms with van der Waals surface area (Å²) in [7, 11) is 1.59. The van der Waals surface area contributed by atoms with E-state index in [9.17, 15) is 24.6 Å². The zero-order chi connectivity index (χ0) is 33.0. The molecule has 2 saturated heterocycles. The number of nitrogens with zero attached hydrogens (tertiary/aromatic N) is 3. The molecule has 2 aromatic carbocycles. The van der Waals surface area contributed by atoms with E-state index in [1.54, 1.807) is 55.7 Å². The first-order valence-electron chi connectivity index (χ1n) is 16.5. The fourth-order valence-corrected chi connectivity index (χ4v) is 7.23. The fourth-order valence-electron chi connectivity index (χ4n) is 7.23. The van der Waals surface area contributed by atoms with E-state index in [0.717, 1.165) is 37.7 Å². The average Bonchev–Trinajstić information content (AvgIpc) is 3.12. The number of amides is 3. The van der Waals surface area contributed by atoms with Gasteiger partial charge in [0.1, 0.15) is 23.1 Å². The van der Waals surface area contributed by atoms with Gasteiger partial charge in [0.25, 0.3) is 11.8 Å². The Bertz CT molecular complexity index is 1540. The van der Waals surface area contributed by atoms with E-state index in [4.69, 9.17) is 4.74 Å². The zero-order valence-electron chi connectivity index (χ0n) is 27.1. The second-order valence-electron chi connectivity index (χ2n) is 12.8. The zero-order valence-corrected chi connectivity index (χ0v) is 27.9. The van der Waals surface area contributed by atoms with Crippen LogP contribution in [0.1, 0.15) is 72.8 Å². The Hall–Kier alpha value is -4.03. The highest BCUT2D eigenvalue weighted by atomic mass is 35.5. The van der Waals surface area contributed by atoms with Gasteiger partial charge in [-0.15, -0.1) is 12.4 Å². The number of carbonyl (C=O) groups is 3. The molecular weight excluding hydrogens is 634 g/mol. The van der Waals surface area contributed by atoms with E-state index in [-0.39, 0.29) is 35.8 Å². The average molecular weight is 678 g/mol. The van der Waals surface area contributed by atoms with Crippen LogP contribution >= 0.6 is 12.4 Å². The molecule has 3 heterocycles. The first-order valence-corrected chi connectivity index (χ1v) is 16.5. The maximum atomic E-state index is 14.2. The number of likely N-dealkylation sites (tertiary alicyclic amines) is 1. The molecule has 6 rings (SSSR count). The summed E-state index contributed by atoms with van der Waals surface area (Å²) in [5, 5.41) is 28.4. The summed E-state index contributed by atoms with van der Waals surface area (Å²) in [6.45, 7) is 1.69. The number of rotatable bonds is 9. The van der Waals surface area contributed by atoms with Crippen molar-refractivity contribution in [1.82, 2.24) is 25.4 Å². The van der Waals surface area contributed by atoms with Crippen LogP contribution in [-0.4, -0.2) is 80.5 Å². The second kappa shape index (κ2) is 15.5. The van der Waals surface area contributed by atoms with Crippen molar-refractivity contribution in [2.45, 2.75) is 75.4 Å². The van der Waals surface area contributed by atoms with Crippen LogP contribution in [0.4, 0.5) is 0 Å². The van der Waals surface area contributed by atoms with Crippen molar-refractivity contribution in [3.05, 3.63) is 89.7 Å². The van der Waals surface area contributed by atoms with E-state index < -0.39 is 29.8 Å². The van der Waals surface area contributed by atoms with Crippen molar-refractivity contribution in [1.29, 1.82) is 0 Å². The van der Waals surface area contributed by atoms with Crippen LogP contribution in [0.3, 0.4) is 0 Å². The quantitative estimate of drug-likeness (QED) is 0.267. The molecule has 1 unspecified atom stereocenters. The molecular formula is C36H44ClN5O6. The van der Waals surface area contributed by atoms with E-state index in [2.05, 4.69) is 20.5 Å². The van der Waals surface area contributed by atoms with E-state index in [1.165, 1.54) is 4.90 Å². The Morgan fingerprint density at radius 2 is 1.62 bits per heavy atom. The summed E-state index contributed by atoms with van der Waals surface area (Å²) >= 11 is 0. The van der Waals surface area contributed by atoms with Crippen LogP contribution in [-0.2, 0) is 16.1 Å². The van der Waals surface area contributed by atoms with Gasteiger partial charge in [-0.05, 0) is 85.7 Å². The molecule has 3 atom stereocenters. The number of aliphatic hydroxyl groups excluding tert-OH is 2. The first kappa shape index (κ1) is 35.3. The highest BCUT2D eigenvalue weighted by molar-refractivity contribution is 6.00. The molecule has 0 bridgehead atoms. The third kappa shape index (κ3) is 7.34. The number of hydrogen-bond donors (Lipinski definition) is 4. The lowest BCUT2D eigenvalue weighted by Gasteiger charge is -2.53. The number of aliphatic hydroxyl groups is 2. The minimum absolute atomic E-state index is 0. The number of aromatic nitrogens is 1. The second-order valence-corrected chi connectivity index (χ2v) is 12.8. The Balaban J connectivity index is 0.00000451. The number of pyridine rings is 1. The van der Waals surface area contributed by atoms with Gasteiger partial charge < -0.3 is 25.6 Å². The smallest absolute Gasteiger partial charge is 0.251 e. The number of hydrogen-bond acceptors (Lipinski definition) is 8. The van der Waals surface area contributed by atoms with E-state index in [1.807, 2.05) is 24.3 Å². The molecule has 4 N–H and O–H groups in total. The minimum atomic E-state index is -1.42. The number of benzene rings is 2. The van der Waals surface area contributed by atoms with Crippen molar-refractivity contribution in [2.75, 3.05) is 20.1 Å². The Morgan fingerprint density at radius 3 is 2.23 bits per heavy atom. The number of nitrogens with one attached hydrogen (secondary N) is 2. The van der Waals surface area contributed by atoms with Crippen LogP contribution < -0.4 is 15.4 Å². The molecule has 1 saturated carbocycles. The van der Waals surface area contributed by atoms with Crippen LogP contribution in [0.25, 0.3) is 0 Å². The molecule has 1 spiro atoms. The van der Waals surface area contributed by atoms with Crippen molar-refractivity contribution >= 4 is 30.1 Å². The molecule has 256 valence electrons. The summed E-state index contributed by atoms with van der Waals surface area (Å²) in [5.74, 6) is 0.257. The van der Waals surface area contributed by atoms with E-state index in [0.29, 0.717) is 49.5 Å². The third-order valence-corrected chi connectivity index (χ3v) is 9.94. The van der Waals surface area contributed by atoms with Crippen LogP contribution in [0.15, 0.2) is 72.9 Å². The predicted molar refractivity (Wildman–Crippen MR) is 181 cm³/mol. The number of halogens is 1. The minimum Gasteiger partial charge on any atom is -0.457 e. The SMILES string of the molecule is CNC(=O)c1ccc(Oc2ccc(CN3CCC4(CC3)C(=O)N[C@H]([C@H](O)C3CCCCC3)C(=O)N4C(O)c3ccccn3)cc2)cc1.Cl. The molecule has 12 heteroatoms. The highest BCUT2D eigenvalue weighted by Crippen LogP contribution is 2.40. The normalized spacial score (nSPS) is 21.1. The monoisotopic (exact) mass is 677 g/mol. The number of piperidine rings is 1. The van der Waals surface area contributed by atoms with Crippen molar-refractivity contribution in [2.24, 2.45) is 5.92 Å². The van der Waals surface area contributed by atoms with Crippen LogP contribution in [0.5, 0.6) is 11.5 Å². The summed E-state index contributed by atoms with van der Waals surface area (Å²) in [6.07, 6.45) is 4.46. The summed E-state index contributed by atoms with van der Waals surface area (Å²) in [6, 6.07) is 18.7. The first-order chi connectivity index (χ1) is 22.8. The van der Waals surface area contributed by atoms with Gasteiger partial charge in [0.2, 0.25) is 5.91 Å². The lowest BCUT2D eigenvalue weighted by Crippen LogP contribution is -2.75. The van der Waals surface area contributed by atoms with Crippen LogP contribution in [0.2, 0.25) is 0 Å². The van der Waals surface area contributed by atoms with Gasteiger partial charge in [0.15, 0.2) is 6.23 Å². The summed E-state index contributed by atoms with van der Waals surface area (Å²) in [5.41, 5.74) is 0.638. The number of ether oxygens (including phenoxy) is 1. The van der Waals surface area contributed by atoms with Gasteiger partial charge in [-0.1, -0.05) is 37.5 Å². The van der Waals surface area contributed by atoms with Crippen LogP contribution in [0, 0.1) is 5.92 Å². The highest BCUT2D eigenvalue weighted by Gasteiger charge is 2.57. The van der Waals surface area contributed by atoms with Gasteiger partial charge in [0.05, 0.1) is 11.8 Å². The molecule has 48 heavy (non-hydrogen) atoms. The van der Waals surface area contributed by atoms with Gasteiger partial charge in [-0.25, -0.2) is 0 Å². The fraction of sp³-hybridized carbons (Fsp3) is 0.444. The molecule has 3 fully saturated rings. The Morgan fingerprint density at radius 1 is 0.979 bits per heavy atom. The molecule has 0 radical (unpaired) electrons. The maximum Gasteiger partial charge on any atom is 0.251 e. The number of piperazine rings is 1. The third-order valence-electron chi connectivity index (χ3n) is 9.94. The standard InChI is InChI=1S/C36H43N5O6.ClH/c1-37-32(43)26-12-16-28(17-13-26)47-27-14-10-24(11-15-27)23-40-21-18-36(19-22-40)35(46)39-30(31(42)25-7-3-2-4-8-25)34(45)41(36)33(44)29-9-5-6-20-38-29;/h5-6,9-17,20,25,30-31,33,42,44H,2-4,7-8,18-19,21-23H2,1H3,(H,37,43)(H,39,46);1H/t30-,31-,33?;/m1./s1. The predicted octanol–water partition coefficient (Wildman–Crippen LogP) is 3.95. The molecule has 1 aliphatic carbocycles. The van der Waals surface area contributed by atoms with Gasteiger partial charge in [-0.2, -0.15) is 0 Å². The van der Waals surface area contributed by atoms with Gasteiger partial charge >= 0.3 is 0 Å². The summed E-state index contributed by atoms with van der Waals surface area (Å²) < 4.78 is 5.95. The maximum absolute atomic E-state index is 14.2. The van der Waals surface area contributed by atoms with Gasteiger partial charge in [0, 0.05) is 38.4 Å². The summed E-state index contributed by atoms with van der Waals surface area (Å²) in [4.78, 5) is 47.8. The van der Waals surface area contributed by atoms with Crippen molar-refractivity contribution < 1.29 is 29.3 Å². The molecule has 3 aliphatic rings. The largest absolute Gasteiger partial charge is 0.457 e. The van der Waals surface area contributed by atoms with E-state index >= 15 is 0 Å². The Kier molecular flexibility index (Phi) is 11.4. The topological polar surface area (TPSA) is 144 Å². The van der Waals surface area contributed by atoms with Gasteiger partial charge in [-0.3, -0.25) is 29.2 Å². The van der Waals surface area contributed by atoms with Crippen molar-refractivity contribution in [3.63, 3.8) is 0 Å².